The van der Waals surface area contributed by atoms with Crippen LogP contribution >= 0.6 is 11.6 Å². The lowest BCUT2D eigenvalue weighted by atomic mass is 9.91. The van der Waals surface area contributed by atoms with Crippen LogP contribution in [0.3, 0.4) is 0 Å². The van der Waals surface area contributed by atoms with E-state index < -0.39 is 11.6 Å². The number of primary amides is 1. The van der Waals surface area contributed by atoms with Gasteiger partial charge in [-0.3, -0.25) is 0 Å². The van der Waals surface area contributed by atoms with Crippen molar-refractivity contribution < 1.29 is 9.18 Å². The Labute approximate surface area is 139 Å². The van der Waals surface area contributed by atoms with Crippen LogP contribution in [0.4, 0.5) is 9.18 Å². The van der Waals surface area contributed by atoms with E-state index in [4.69, 9.17) is 17.3 Å². The molecule has 0 aromatic heterocycles. The molecule has 3 nitrogen and oxygen atoms in total. The van der Waals surface area contributed by atoms with E-state index in [2.05, 4.69) is 0 Å². The van der Waals surface area contributed by atoms with Crippen LogP contribution in [0.25, 0.3) is 5.57 Å². The van der Waals surface area contributed by atoms with E-state index in [-0.39, 0.29) is 12.4 Å². The van der Waals surface area contributed by atoms with Gasteiger partial charge in [0.2, 0.25) is 0 Å². The predicted molar refractivity (Wildman–Crippen MR) is 89.5 cm³/mol. The molecule has 0 radical (unpaired) electrons. The molecule has 0 unspecified atom stereocenters. The molecule has 2 amide bonds. The third kappa shape index (κ3) is 2.70. The van der Waals surface area contributed by atoms with E-state index in [1.54, 1.807) is 6.07 Å². The monoisotopic (exact) mass is 330 g/mol. The molecule has 0 saturated carbocycles. The van der Waals surface area contributed by atoms with Crippen LogP contribution in [-0.4, -0.2) is 17.5 Å². The summed E-state index contributed by atoms with van der Waals surface area (Å²) < 4.78 is 14.2. The highest BCUT2D eigenvalue weighted by Crippen LogP contribution is 2.40. The van der Waals surface area contributed by atoms with Crippen molar-refractivity contribution in [3.05, 3.63) is 76.6 Å². The summed E-state index contributed by atoms with van der Waals surface area (Å²) in [6.07, 6.45) is 1.88. The number of nitrogens with zero attached hydrogens (tertiary/aromatic N) is 1. The van der Waals surface area contributed by atoms with Crippen molar-refractivity contribution in [2.45, 2.75) is 12.5 Å². The fraction of sp³-hybridized carbons (Fsp3) is 0.167. The number of hydrogen-bond donors (Lipinski definition) is 1. The number of carbonyl (C=O) groups is 1. The van der Waals surface area contributed by atoms with Crippen molar-refractivity contribution in [1.82, 2.24) is 4.90 Å². The lowest BCUT2D eigenvalue weighted by Gasteiger charge is -2.33. The Hall–Kier alpha value is -2.33. The number of nitrogens with two attached hydrogens (primary N) is 1. The second-order valence-electron chi connectivity index (χ2n) is 5.73. The molecule has 1 atom stereocenters. The number of urea groups is 1. The van der Waals surface area contributed by atoms with Gasteiger partial charge in [-0.05, 0) is 42.3 Å². The lowest BCUT2D eigenvalue weighted by molar-refractivity contribution is 0.178. The zero-order valence-electron chi connectivity index (χ0n) is 12.6. The van der Waals surface area contributed by atoms with Crippen molar-refractivity contribution in [3.8, 4) is 0 Å². The molecule has 0 spiro atoms. The molecule has 2 aromatic rings. The van der Waals surface area contributed by atoms with Gasteiger partial charge >= 0.3 is 6.03 Å². The molecule has 118 valence electrons. The number of hydrogen-bond acceptors (Lipinski definition) is 1. The predicted octanol–water partition coefficient (Wildman–Crippen LogP) is 4.17. The maximum Gasteiger partial charge on any atom is 0.316 e. The summed E-state index contributed by atoms with van der Waals surface area (Å²) in [6.45, 7) is 2.13. The van der Waals surface area contributed by atoms with Crippen LogP contribution in [0.15, 0.2) is 54.6 Å². The Balaban J connectivity index is 2.12. The minimum absolute atomic E-state index is 0.234. The summed E-state index contributed by atoms with van der Waals surface area (Å²) in [7, 11) is 0. The van der Waals surface area contributed by atoms with Crippen LogP contribution in [0.5, 0.6) is 0 Å². The smallest absolute Gasteiger partial charge is 0.316 e. The molecule has 23 heavy (non-hydrogen) atoms. The zero-order chi connectivity index (χ0) is 16.6. The number of amides is 2. The molecule has 2 N–H and O–H groups in total. The number of carbonyl (C=O) groups excluding carboxylic acids is 1. The number of benzene rings is 2. The third-order valence-electron chi connectivity index (χ3n) is 4.24. The van der Waals surface area contributed by atoms with Gasteiger partial charge in [-0.2, -0.15) is 0 Å². The Morgan fingerprint density at radius 1 is 1.26 bits per heavy atom. The summed E-state index contributed by atoms with van der Waals surface area (Å²) in [5, 5.41) is 0.446. The van der Waals surface area contributed by atoms with Gasteiger partial charge in [0.1, 0.15) is 5.82 Å². The van der Waals surface area contributed by atoms with Gasteiger partial charge < -0.3 is 10.6 Å². The Morgan fingerprint density at radius 3 is 2.61 bits per heavy atom. The number of halogens is 2. The first-order chi connectivity index (χ1) is 10.9. The Kier molecular flexibility index (Phi) is 3.86. The third-order valence-corrected chi connectivity index (χ3v) is 4.48. The Morgan fingerprint density at radius 2 is 1.96 bits per heavy atom. The van der Waals surface area contributed by atoms with E-state index in [9.17, 15) is 9.18 Å². The molecular weight excluding hydrogens is 315 g/mol. The van der Waals surface area contributed by atoms with Crippen LogP contribution in [0, 0.1) is 5.82 Å². The molecule has 1 aliphatic rings. The van der Waals surface area contributed by atoms with Crippen molar-refractivity contribution in [1.29, 1.82) is 0 Å². The van der Waals surface area contributed by atoms with Gasteiger partial charge in [0, 0.05) is 17.1 Å². The summed E-state index contributed by atoms with van der Waals surface area (Å²) in [6, 6.07) is 13.4. The average molecular weight is 331 g/mol. The molecule has 0 bridgehead atoms. The summed E-state index contributed by atoms with van der Waals surface area (Å²) in [5.41, 5.74) is 6.82. The quantitative estimate of drug-likeness (QED) is 0.882. The van der Waals surface area contributed by atoms with Crippen molar-refractivity contribution in [3.63, 3.8) is 0 Å². The van der Waals surface area contributed by atoms with E-state index in [1.165, 1.54) is 17.0 Å². The van der Waals surface area contributed by atoms with Crippen molar-refractivity contribution in [2.75, 3.05) is 6.54 Å². The molecule has 2 aromatic carbocycles. The number of rotatable bonds is 2. The zero-order valence-corrected chi connectivity index (χ0v) is 13.3. The summed E-state index contributed by atoms with van der Waals surface area (Å²) in [4.78, 5) is 13.4. The molecule has 0 fully saturated rings. The molecule has 1 heterocycles. The highest BCUT2D eigenvalue weighted by atomic mass is 35.5. The molecule has 3 rings (SSSR count). The largest absolute Gasteiger partial charge is 0.351 e. The molecule has 0 saturated heterocycles. The van der Waals surface area contributed by atoms with Gasteiger partial charge in [0.05, 0.1) is 5.54 Å². The standard InChI is InChI=1S/C18H16ClFN2O/c1-18(13-5-3-2-4-6-13)10-12(11-22(18)17(21)23)15-9-14(19)7-8-16(15)20/h2-10H,11H2,1H3,(H2,21,23)/t18-/m0/s1. The van der Waals surface area contributed by atoms with Gasteiger partial charge in [0.25, 0.3) is 0 Å². The summed E-state index contributed by atoms with van der Waals surface area (Å²) >= 11 is 5.98. The lowest BCUT2D eigenvalue weighted by Crippen LogP contribution is -2.46. The van der Waals surface area contributed by atoms with Crippen LogP contribution in [-0.2, 0) is 5.54 Å². The van der Waals surface area contributed by atoms with Crippen molar-refractivity contribution in [2.24, 2.45) is 5.73 Å². The van der Waals surface area contributed by atoms with Crippen molar-refractivity contribution >= 4 is 23.2 Å². The second kappa shape index (κ2) is 5.70. The molecule has 0 aliphatic carbocycles. The maximum atomic E-state index is 14.2. The normalized spacial score (nSPS) is 20.5. The van der Waals surface area contributed by atoms with Crippen LogP contribution in [0.2, 0.25) is 5.02 Å². The van der Waals surface area contributed by atoms with Gasteiger partial charge in [-0.15, -0.1) is 0 Å². The molecular formula is C18H16ClFN2O. The minimum atomic E-state index is -0.725. The first-order valence-electron chi connectivity index (χ1n) is 7.21. The average Bonchev–Trinajstić information content (AvgIpc) is 2.90. The maximum absolute atomic E-state index is 14.2. The van der Waals surface area contributed by atoms with E-state index in [0.29, 0.717) is 16.2 Å². The Bertz CT molecular complexity index is 791. The molecule has 5 heteroatoms. The van der Waals surface area contributed by atoms with Crippen LogP contribution in [0.1, 0.15) is 18.1 Å². The van der Waals surface area contributed by atoms with Gasteiger partial charge in [-0.25, -0.2) is 9.18 Å². The van der Waals surface area contributed by atoms with E-state index >= 15 is 0 Å². The van der Waals surface area contributed by atoms with Gasteiger partial charge in [0.15, 0.2) is 0 Å². The highest BCUT2D eigenvalue weighted by Gasteiger charge is 2.40. The van der Waals surface area contributed by atoms with E-state index in [0.717, 1.165) is 5.56 Å². The fourth-order valence-corrected chi connectivity index (χ4v) is 3.20. The topological polar surface area (TPSA) is 46.3 Å². The first-order valence-corrected chi connectivity index (χ1v) is 7.59. The minimum Gasteiger partial charge on any atom is -0.351 e. The second-order valence-corrected chi connectivity index (χ2v) is 6.17. The SMILES string of the molecule is C[C@@]1(c2ccccc2)C=C(c2cc(Cl)ccc2F)CN1C(N)=O. The summed E-state index contributed by atoms with van der Waals surface area (Å²) in [5.74, 6) is -0.373. The molecule has 1 aliphatic heterocycles. The highest BCUT2D eigenvalue weighted by molar-refractivity contribution is 6.30. The fourth-order valence-electron chi connectivity index (χ4n) is 3.03. The van der Waals surface area contributed by atoms with Gasteiger partial charge in [-0.1, -0.05) is 41.9 Å². The van der Waals surface area contributed by atoms with E-state index in [1.807, 2.05) is 43.3 Å². The first kappa shape index (κ1) is 15.6. The van der Waals surface area contributed by atoms with Crippen LogP contribution < -0.4 is 5.73 Å².